The van der Waals surface area contributed by atoms with Crippen molar-refractivity contribution in [3.8, 4) is 0 Å². The predicted molar refractivity (Wildman–Crippen MR) is 61.5 cm³/mol. The van der Waals surface area contributed by atoms with Crippen molar-refractivity contribution in [2.24, 2.45) is 11.7 Å². The summed E-state index contributed by atoms with van der Waals surface area (Å²) < 4.78 is 0. The molecule has 0 aliphatic heterocycles. The highest BCUT2D eigenvalue weighted by molar-refractivity contribution is 5.78. The van der Waals surface area contributed by atoms with Gasteiger partial charge in [-0.25, -0.2) is 0 Å². The number of carbonyl (C=O) groups is 1. The molecule has 0 aromatic carbocycles. The molecular weight excluding hydrogens is 190 g/mol. The largest absolute Gasteiger partial charge is 0.344 e. The zero-order valence-electron chi connectivity index (χ0n) is 10.1. The molecule has 2 unspecified atom stereocenters. The standard InChI is InChI=1S/C11H23N3O/c1-13(2)6-7-14(3)11(15)9-4-5-10(12)8-9/h9-10H,4-8,12H2,1-3H3. The Bertz CT molecular complexity index is 218. The van der Waals surface area contributed by atoms with Gasteiger partial charge in [0.25, 0.3) is 0 Å². The van der Waals surface area contributed by atoms with E-state index >= 15 is 0 Å². The average Bonchev–Trinajstić information content (AvgIpc) is 2.60. The van der Waals surface area contributed by atoms with Crippen molar-refractivity contribution in [2.45, 2.75) is 25.3 Å². The van der Waals surface area contributed by atoms with E-state index < -0.39 is 0 Å². The van der Waals surface area contributed by atoms with Crippen LogP contribution in [0.25, 0.3) is 0 Å². The van der Waals surface area contributed by atoms with E-state index in [2.05, 4.69) is 4.90 Å². The minimum atomic E-state index is 0.173. The number of nitrogens with two attached hydrogens (primary N) is 1. The highest BCUT2D eigenvalue weighted by Gasteiger charge is 2.29. The molecule has 15 heavy (non-hydrogen) atoms. The zero-order valence-corrected chi connectivity index (χ0v) is 10.1. The molecule has 88 valence electrons. The van der Waals surface area contributed by atoms with Crippen LogP contribution in [0.1, 0.15) is 19.3 Å². The van der Waals surface area contributed by atoms with Crippen LogP contribution in [-0.4, -0.2) is 56.0 Å². The highest BCUT2D eigenvalue weighted by Crippen LogP contribution is 2.25. The van der Waals surface area contributed by atoms with E-state index in [1.165, 1.54) is 0 Å². The first kappa shape index (κ1) is 12.5. The first-order valence-electron chi connectivity index (χ1n) is 5.66. The number of amides is 1. The van der Waals surface area contributed by atoms with E-state index in [1.807, 2.05) is 26.0 Å². The van der Waals surface area contributed by atoms with E-state index in [4.69, 9.17) is 5.73 Å². The van der Waals surface area contributed by atoms with Gasteiger partial charge in [0.15, 0.2) is 0 Å². The van der Waals surface area contributed by atoms with Crippen LogP contribution >= 0.6 is 0 Å². The molecule has 1 aliphatic carbocycles. The molecule has 1 fully saturated rings. The fraction of sp³-hybridized carbons (Fsp3) is 0.909. The predicted octanol–water partition coefficient (Wildman–Crippen LogP) is 0.134. The Morgan fingerprint density at radius 3 is 2.40 bits per heavy atom. The number of nitrogens with zero attached hydrogens (tertiary/aromatic N) is 2. The van der Waals surface area contributed by atoms with Gasteiger partial charge in [0.2, 0.25) is 5.91 Å². The summed E-state index contributed by atoms with van der Waals surface area (Å²) in [4.78, 5) is 15.9. The molecule has 0 aromatic heterocycles. The Morgan fingerprint density at radius 2 is 1.93 bits per heavy atom. The highest BCUT2D eigenvalue weighted by atomic mass is 16.2. The van der Waals surface area contributed by atoms with Crippen molar-refractivity contribution in [2.75, 3.05) is 34.2 Å². The van der Waals surface area contributed by atoms with E-state index in [0.29, 0.717) is 0 Å². The first-order chi connectivity index (χ1) is 7.00. The Balaban J connectivity index is 2.32. The monoisotopic (exact) mass is 213 g/mol. The number of likely N-dealkylation sites (N-methyl/N-ethyl adjacent to an activating group) is 2. The SMILES string of the molecule is CN(C)CCN(C)C(=O)C1CCC(N)C1. The number of hydrogen-bond donors (Lipinski definition) is 1. The van der Waals surface area contributed by atoms with Gasteiger partial charge < -0.3 is 15.5 Å². The van der Waals surface area contributed by atoms with Gasteiger partial charge >= 0.3 is 0 Å². The van der Waals surface area contributed by atoms with Crippen molar-refractivity contribution in [1.29, 1.82) is 0 Å². The van der Waals surface area contributed by atoms with Crippen LogP contribution in [-0.2, 0) is 4.79 Å². The van der Waals surface area contributed by atoms with Gasteiger partial charge in [0.1, 0.15) is 0 Å². The molecule has 4 heteroatoms. The summed E-state index contributed by atoms with van der Waals surface area (Å²) in [5.41, 5.74) is 5.81. The second-order valence-electron chi connectivity index (χ2n) is 4.83. The lowest BCUT2D eigenvalue weighted by Gasteiger charge is -2.22. The quantitative estimate of drug-likeness (QED) is 0.722. The number of hydrogen-bond acceptors (Lipinski definition) is 3. The molecule has 0 radical (unpaired) electrons. The minimum absolute atomic E-state index is 0.173. The smallest absolute Gasteiger partial charge is 0.225 e. The average molecular weight is 213 g/mol. The van der Waals surface area contributed by atoms with Crippen LogP contribution in [0.3, 0.4) is 0 Å². The molecule has 0 saturated heterocycles. The summed E-state index contributed by atoms with van der Waals surface area (Å²) in [6, 6.07) is 0.237. The van der Waals surface area contributed by atoms with E-state index in [9.17, 15) is 4.79 Å². The van der Waals surface area contributed by atoms with Crippen molar-refractivity contribution >= 4 is 5.91 Å². The number of carbonyl (C=O) groups excluding carboxylic acids is 1. The van der Waals surface area contributed by atoms with Crippen LogP contribution < -0.4 is 5.73 Å². The molecule has 1 aliphatic rings. The second-order valence-corrected chi connectivity index (χ2v) is 4.83. The van der Waals surface area contributed by atoms with Crippen molar-refractivity contribution in [3.05, 3.63) is 0 Å². The first-order valence-corrected chi connectivity index (χ1v) is 5.66. The van der Waals surface area contributed by atoms with E-state index in [0.717, 1.165) is 32.4 Å². The Labute approximate surface area is 92.4 Å². The van der Waals surface area contributed by atoms with Crippen molar-refractivity contribution in [1.82, 2.24) is 9.80 Å². The second kappa shape index (κ2) is 5.47. The minimum Gasteiger partial charge on any atom is -0.344 e. The van der Waals surface area contributed by atoms with Crippen LogP contribution in [0.5, 0.6) is 0 Å². The topological polar surface area (TPSA) is 49.6 Å². The van der Waals surface area contributed by atoms with E-state index in [-0.39, 0.29) is 17.9 Å². The third kappa shape index (κ3) is 3.80. The summed E-state index contributed by atoms with van der Waals surface area (Å²) in [6.45, 7) is 1.72. The maximum Gasteiger partial charge on any atom is 0.225 e. The molecule has 0 spiro atoms. The van der Waals surface area contributed by atoms with Crippen molar-refractivity contribution < 1.29 is 4.79 Å². The van der Waals surface area contributed by atoms with Gasteiger partial charge in [-0.3, -0.25) is 4.79 Å². The Morgan fingerprint density at radius 1 is 1.27 bits per heavy atom. The van der Waals surface area contributed by atoms with Gasteiger partial charge in [0.05, 0.1) is 0 Å². The molecule has 2 N–H and O–H groups in total. The van der Waals surface area contributed by atoms with Crippen LogP contribution in [0.2, 0.25) is 0 Å². The fourth-order valence-corrected chi connectivity index (χ4v) is 2.01. The maximum absolute atomic E-state index is 12.0. The van der Waals surface area contributed by atoms with Gasteiger partial charge in [-0.15, -0.1) is 0 Å². The molecule has 0 aromatic rings. The molecule has 1 rings (SSSR count). The van der Waals surface area contributed by atoms with Gasteiger partial charge in [-0.05, 0) is 33.4 Å². The normalized spacial score (nSPS) is 25.9. The molecule has 1 saturated carbocycles. The van der Waals surface area contributed by atoms with Gasteiger partial charge in [-0.1, -0.05) is 0 Å². The lowest BCUT2D eigenvalue weighted by atomic mass is 10.1. The lowest BCUT2D eigenvalue weighted by molar-refractivity contribution is -0.134. The van der Waals surface area contributed by atoms with Crippen molar-refractivity contribution in [3.63, 3.8) is 0 Å². The Kier molecular flexibility index (Phi) is 4.54. The van der Waals surface area contributed by atoms with Crippen LogP contribution in [0, 0.1) is 5.92 Å². The van der Waals surface area contributed by atoms with Crippen LogP contribution in [0.15, 0.2) is 0 Å². The summed E-state index contributed by atoms with van der Waals surface area (Å²) in [6.07, 6.45) is 2.83. The molecule has 1 amide bonds. The molecule has 0 bridgehead atoms. The maximum atomic E-state index is 12.0. The Hall–Kier alpha value is -0.610. The third-order valence-electron chi connectivity index (χ3n) is 3.08. The van der Waals surface area contributed by atoms with E-state index in [1.54, 1.807) is 0 Å². The summed E-state index contributed by atoms with van der Waals surface area (Å²) in [7, 11) is 5.92. The molecule has 0 heterocycles. The molecular formula is C11H23N3O. The zero-order chi connectivity index (χ0) is 11.4. The van der Waals surface area contributed by atoms with Gasteiger partial charge in [0, 0.05) is 32.1 Å². The summed E-state index contributed by atoms with van der Waals surface area (Å²) in [5, 5.41) is 0. The summed E-state index contributed by atoms with van der Waals surface area (Å²) >= 11 is 0. The molecule has 4 nitrogen and oxygen atoms in total. The number of rotatable bonds is 4. The fourth-order valence-electron chi connectivity index (χ4n) is 2.01. The third-order valence-corrected chi connectivity index (χ3v) is 3.08. The molecule has 2 atom stereocenters. The lowest BCUT2D eigenvalue weighted by Crippen LogP contribution is -2.37. The summed E-state index contributed by atoms with van der Waals surface area (Å²) in [5.74, 6) is 0.442. The van der Waals surface area contributed by atoms with Crippen LogP contribution in [0.4, 0.5) is 0 Å². The van der Waals surface area contributed by atoms with Gasteiger partial charge in [-0.2, -0.15) is 0 Å².